The van der Waals surface area contributed by atoms with Crippen molar-refractivity contribution in [2.75, 3.05) is 11.4 Å². The van der Waals surface area contributed by atoms with Crippen molar-refractivity contribution < 1.29 is 26.4 Å². The minimum atomic E-state index is -4.17. The molecule has 1 aromatic carbocycles. The molecular formula is C26H30F3N3O3S. The summed E-state index contributed by atoms with van der Waals surface area (Å²) in [6.45, 7) is 1.80. The minimum absolute atomic E-state index is 0.0468. The van der Waals surface area contributed by atoms with Crippen LogP contribution in [-0.4, -0.2) is 54.3 Å². The highest BCUT2D eigenvalue weighted by Gasteiger charge is 2.44. The molecule has 1 aromatic heterocycles. The average Bonchev–Trinajstić information content (AvgIpc) is 3.36. The number of hydrogen-bond donors (Lipinski definition) is 0. The maximum absolute atomic E-state index is 14.8. The monoisotopic (exact) mass is 521 g/mol. The molecule has 2 bridgehead atoms. The minimum Gasteiger partial charge on any atom is -0.363 e. The highest BCUT2D eigenvalue weighted by molar-refractivity contribution is 7.89. The Labute approximate surface area is 209 Å². The van der Waals surface area contributed by atoms with Gasteiger partial charge in [-0.05, 0) is 68.4 Å². The second-order valence-corrected chi connectivity index (χ2v) is 12.2. The van der Waals surface area contributed by atoms with E-state index in [0.717, 1.165) is 54.3 Å². The van der Waals surface area contributed by atoms with Crippen LogP contribution in [0.15, 0.2) is 41.4 Å². The quantitative estimate of drug-likeness (QED) is 0.539. The molecule has 0 N–H and O–H groups in total. The van der Waals surface area contributed by atoms with Crippen molar-refractivity contribution >= 4 is 21.5 Å². The number of piperidine rings is 1. The summed E-state index contributed by atoms with van der Waals surface area (Å²) in [4.78, 5) is 19.2. The van der Waals surface area contributed by atoms with Crippen LogP contribution in [0.1, 0.15) is 51.1 Å². The number of Topliss-reactive ketones (excluding diaryl/α,β-unsaturated/α-hetero) is 1. The SMILES string of the molecule is CC1CC2CCC(C1)N2c1cc(CCC(=O)[C@@H]2C[C@@H](F)CN2S(=O)(=O)c2ccc(F)cc2)ncc1F. The number of nitrogens with zero attached hydrogens (tertiary/aromatic N) is 3. The normalized spacial score (nSPS) is 28.6. The number of rotatable bonds is 7. The van der Waals surface area contributed by atoms with Crippen LogP contribution in [0.5, 0.6) is 0 Å². The third-order valence-corrected chi connectivity index (χ3v) is 9.65. The number of carbonyl (C=O) groups excluding carboxylic acids is 1. The molecule has 3 aliphatic rings. The highest BCUT2D eigenvalue weighted by atomic mass is 32.2. The second-order valence-electron chi connectivity index (χ2n) is 10.3. The van der Waals surface area contributed by atoms with Gasteiger partial charge in [-0.15, -0.1) is 0 Å². The molecule has 0 aliphatic carbocycles. The van der Waals surface area contributed by atoms with E-state index in [0.29, 0.717) is 29.4 Å². The van der Waals surface area contributed by atoms with Crippen molar-refractivity contribution in [3.05, 3.63) is 53.9 Å². The molecule has 2 aromatic rings. The second kappa shape index (κ2) is 9.78. The lowest BCUT2D eigenvalue weighted by Crippen LogP contribution is -2.43. The Kier molecular flexibility index (Phi) is 6.84. The Morgan fingerprint density at radius 3 is 2.42 bits per heavy atom. The van der Waals surface area contributed by atoms with E-state index in [2.05, 4.69) is 16.8 Å². The van der Waals surface area contributed by atoms with Crippen LogP contribution in [0.25, 0.3) is 0 Å². The van der Waals surface area contributed by atoms with Crippen LogP contribution < -0.4 is 4.90 Å². The number of ketones is 1. The number of hydrogen-bond acceptors (Lipinski definition) is 5. The van der Waals surface area contributed by atoms with Gasteiger partial charge in [0.05, 0.1) is 22.8 Å². The van der Waals surface area contributed by atoms with Crippen LogP contribution in [0.4, 0.5) is 18.9 Å². The smallest absolute Gasteiger partial charge is 0.243 e. The lowest BCUT2D eigenvalue weighted by Gasteiger charge is -2.39. The number of benzene rings is 1. The molecule has 0 amide bonds. The Morgan fingerprint density at radius 2 is 1.75 bits per heavy atom. The first kappa shape index (κ1) is 25.2. The first-order valence-electron chi connectivity index (χ1n) is 12.5. The third-order valence-electron chi connectivity index (χ3n) is 7.76. The van der Waals surface area contributed by atoms with Crippen molar-refractivity contribution in [1.29, 1.82) is 0 Å². The fraction of sp³-hybridized carbons (Fsp3) is 0.538. The van der Waals surface area contributed by atoms with Gasteiger partial charge in [-0.3, -0.25) is 9.78 Å². The number of aromatic nitrogens is 1. The molecular weight excluding hydrogens is 491 g/mol. The number of carbonyl (C=O) groups is 1. The Bertz CT molecular complexity index is 1230. The van der Waals surface area contributed by atoms with Gasteiger partial charge in [-0.1, -0.05) is 6.92 Å². The van der Waals surface area contributed by atoms with E-state index in [-0.39, 0.29) is 30.0 Å². The molecule has 4 atom stereocenters. The van der Waals surface area contributed by atoms with Crippen molar-refractivity contribution in [3.63, 3.8) is 0 Å². The van der Waals surface area contributed by atoms with Gasteiger partial charge in [-0.2, -0.15) is 4.31 Å². The van der Waals surface area contributed by atoms with Crippen LogP contribution >= 0.6 is 0 Å². The first-order chi connectivity index (χ1) is 17.1. The predicted octanol–water partition coefficient (Wildman–Crippen LogP) is 4.43. The zero-order valence-electron chi connectivity index (χ0n) is 20.1. The van der Waals surface area contributed by atoms with Gasteiger partial charge in [0.25, 0.3) is 0 Å². The summed E-state index contributed by atoms with van der Waals surface area (Å²) >= 11 is 0. The standard InChI is InChI=1S/C26H30F3N3O3S/c1-16-10-20-5-6-21(11-16)32(20)24-13-19(30-14-23(24)29)4-9-26(33)25-12-18(28)15-31(25)36(34,35)22-7-2-17(27)3-8-22/h2-3,7-8,13-14,16,18,20-21,25H,4-6,9-12,15H2,1H3/t16?,18-,20?,21?,25+/m1/s1. The molecule has 10 heteroatoms. The fourth-order valence-electron chi connectivity index (χ4n) is 6.12. The van der Waals surface area contributed by atoms with Crippen molar-refractivity contribution in [3.8, 4) is 0 Å². The van der Waals surface area contributed by atoms with Gasteiger partial charge in [0.2, 0.25) is 10.0 Å². The van der Waals surface area contributed by atoms with E-state index in [9.17, 15) is 26.4 Å². The third kappa shape index (κ3) is 4.77. The summed E-state index contributed by atoms with van der Waals surface area (Å²) in [7, 11) is -4.17. The topological polar surface area (TPSA) is 70.6 Å². The zero-order chi connectivity index (χ0) is 25.6. The first-order valence-corrected chi connectivity index (χ1v) is 13.9. The Balaban J connectivity index is 1.30. The number of anilines is 1. The molecule has 3 fully saturated rings. The van der Waals surface area contributed by atoms with Crippen LogP contribution in [0.2, 0.25) is 0 Å². The van der Waals surface area contributed by atoms with Crippen molar-refractivity contribution in [2.45, 2.75) is 81.1 Å². The average molecular weight is 522 g/mol. The maximum Gasteiger partial charge on any atom is 0.243 e. The van der Waals surface area contributed by atoms with Crippen molar-refractivity contribution in [1.82, 2.24) is 9.29 Å². The lowest BCUT2D eigenvalue weighted by atomic mass is 9.92. The number of pyridine rings is 1. The fourth-order valence-corrected chi connectivity index (χ4v) is 7.77. The molecule has 3 saturated heterocycles. The molecule has 36 heavy (non-hydrogen) atoms. The van der Waals surface area contributed by atoms with Gasteiger partial charge < -0.3 is 4.90 Å². The van der Waals surface area contributed by atoms with Crippen molar-refractivity contribution in [2.24, 2.45) is 5.92 Å². The molecule has 0 radical (unpaired) electrons. The van der Waals surface area contributed by atoms with E-state index in [1.54, 1.807) is 6.07 Å². The lowest BCUT2D eigenvalue weighted by molar-refractivity contribution is -0.122. The van der Waals surface area contributed by atoms with E-state index < -0.39 is 40.4 Å². The molecule has 0 spiro atoms. The number of fused-ring (bicyclic) bond motifs is 2. The van der Waals surface area contributed by atoms with E-state index in [1.807, 2.05) is 0 Å². The van der Waals surface area contributed by atoms with E-state index in [4.69, 9.17) is 0 Å². The van der Waals surface area contributed by atoms with Crippen LogP contribution in [-0.2, 0) is 21.2 Å². The number of sulfonamides is 1. The van der Waals surface area contributed by atoms with Gasteiger partial charge in [0.1, 0.15) is 12.0 Å². The summed E-state index contributed by atoms with van der Waals surface area (Å²) in [5, 5.41) is 0. The predicted molar refractivity (Wildman–Crippen MR) is 129 cm³/mol. The van der Waals surface area contributed by atoms with Gasteiger partial charge in [-0.25, -0.2) is 21.6 Å². The molecule has 3 aliphatic heterocycles. The van der Waals surface area contributed by atoms with Gasteiger partial charge in [0, 0.05) is 37.2 Å². The molecule has 194 valence electrons. The molecule has 5 rings (SSSR count). The van der Waals surface area contributed by atoms with E-state index in [1.165, 1.54) is 6.20 Å². The zero-order valence-corrected chi connectivity index (χ0v) is 20.9. The molecule has 0 saturated carbocycles. The van der Waals surface area contributed by atoms with Crippen LogP contribution in [0.3, 0.4) is 0 Å². The maximum atomic E-state index is 14.8. The Hall–Kier alpha value is -2.46. The highest BCUT2D eigenvalue weighted by Crippen LogP contribution is 2.42. The summed E-state index contributed by atoms with van der Waals surface area (Å²) < 4.78 is 69.3. The summed E-state index contributed by atoms with van der Waals surface area (Å²) in [6, 6.07) is 5.40. The van der Waals surface area contributed by atoms with Gasteiger partial charge in [0.15, 0.2) is 11.6 Å². The Morgan fingerprint density at radius 1 is 1.08 bits per heavy atom. The largest absolute Gasteiger partial charge is 0.363 e. The molecule has 2 unspecified atom stereocenters. The number of halogens is 3. The number of alkyl halides is 1. The molecule has 6 nitrogen and oxygen atoms in total. The van der Waals surface area contributed by atoms with Gasteiger partial charge >= 0.3 is 0 Å². The molecule has 4 heterocycles. The summed E-state index contributed by atoms with van der Waals surface area (Å²) in [5.74, 6) is -0.783. The van der Waals surface area contributed by atoms with E-state index >= 15 is 0 Å². The summed E-state index contributed by atoms with van der Waals surface area (Å²) in [6.07, 6.45) is 3.76. The summed E-state index contributed by atoms with van der Waals surface area (Å²) in [5.41, 5.74) is 1.05. The number of aryl methyl sites for hydroxylation is 1. The van der Waals surface area contributed by atoms with Crippen LogP contribution in [0, 0.1) is 17.6 Å².